The van der Waals surface area contributed by atoms with E-state index in [9.17, 15) is 4.79 Å². The molecule has 0 atom stereocenters. The van der Waals surface area contributed by atoms with Crippen LogP contribution in [0.25, 0.3) is 0 Å². The molecular formula is C18H26O4. The van der Waals surface area contributed by atoms with Crippen LogP contribution in [-0.2, 0) is 19.0 Å². The second kappa shape index (κ2) is 7.52. The highest BCUT2D eigenvalue weighted by Gasteiger charge is 2.34. The zero-order valence-electron chi connectivity index (χ0n) is 13.7. The normalized spacial score (nSPS) is 17.7. The molecule has 0 unspecified atom stereocenters. The first kappa shape index (κ1) is 16.7. The molecule has 0 aliphatic heterocycles. The van der Waals surface area contributed by atoms with Gasteiger partial charge in [0, 0.05) is 25.3 Å². The lowest BCUT2D eigenvalue weighted by Gasteiger charge is -2.32. The third-order valence-electron chi connectivity index (χ3n) is 3.79. The quantitative estimate of drug-likeness (QED) is 0.379. The van der Waals surface area contributed by atoms with Crippen LogP contribution in [0.5, 0.6) is 0 Å². The molecule has 0 heterocycles. The lowest BCUT2D eigenvalue weighted by atomic mass is 10.1. The fourth-order valence-electron chi connectivity index (χ4n) is 2.81. The third kappa shape index (κ3) is 4.65. The number of ether oxygens (including phenoxy) is 3. The van der Waals surface area contributed by atoms with E-state index < -0.39 is 5.79 Å². The predicted molar refractivity (Wildman–Crippen MR) is 84.8 cm³/mol. The van der Waals surface area contributed by atoms with Crippen LogP contribution < -0.4 is 0 Å². The average molecular weight is 306 g/mol. The van der Waals surface area contributed by atoms with Gasteiger partial charge in [0.05, 0.1) is 24.5 Å². The molecule has 122 valence electrons. The van der Waals surface area contributed by atoms with Crippen molar-refractivity contribution in [2.75, 3.05) is 6.61 Å². The van der Waals surface area contributed by atoms with Gasteiger partial charge in [-0.05, 0) is 44.8 Å². The van der Waals surface area contributed by atoms with Gasteiger partial charge in [-0.15, -0.1) is 0 Å². The van der Waals surface area contributed by atoms with Crippen molar-refractivity contribution in [1.82, 2.24) is 0 Å². The largest absolute Gasteiger partial charge is 0.463 e. The van der Waals surface area contributed by atoms with Crippen molar-refractivity contribution in [3.8, 4) is 0 Å². The lowest BCUT2D eigenvalue weighted by molar-refractivity contribution is -0.181. The minimum atomic E-state index is -0.907. The first-order chi connectivity index (χ1) is 10.5. The van der Waals surface area contributed by atoms with Crippen LogP contribution in [0.3, 0.4) is 0 Å². The molecule has 0 aromatic carbocycles. The molecule has 0 radical (unpaired) electrons. The molecule has 2 aliphatic carbocycles. The maximum Gasteiger partial charge on any atom is 0.333 e. The predicted octanol–water partition coefficient (Wildman–Crippen LogP) is 4.38. The number of carbonyl (C=O) groups is 1. The van der Waals surface area contributed by atoms with E-state index in [2.05, 4.69) is 18.7 Å². The number of hydrogen-bond donors (Lipinski definition) is 0. The van der Waals surface area contributed by atoms with Gasteiger partial charge in [-0.25, -0.2) is 4.79 Å². The first-order valence-corrected chi connectivity index (χ1v) is 8.13. The van der Waals surface area contributed by atoms with E-state index in [1.54, 1.807) is 6.92 Å². The van der Waals surface area contributed by atoms with Crippen LogP contribution in [0, 0.1) is 0 Å². The summed E-state index contributed by atoms with van der Waals surface area (Å²) in [7, 11) is 0. The highest BCUT2D eigenvalue weighted by atomic mass is 16.7. The number of esters is 1. The summed E-state index contributed by atoms with van der Waals surface area (Å²) in [4.78, 5) is 11.8. The van der Waals surface area contributed by atoms with Crippen molar-refractivity contribution in [2.24, 2.45) is 0 Å². The van der Waals surface area contributed by atoms with E-state index in [4.69, 9.17) is 14.2 Å². The SMILES string of the molecule is C=C(CC(C)(OC1=CCCC1)OC1=CCCC1)C(=O)OCC. The molecule has 4 nitrogen and oxygen atoms in total. The molecular weight excluding hydrogens is 280 g/mol. The van der Waals surface area contributed by atoms with Crippen molar-refractivity contribution >= 4 is 5.97 Å². The number of hydrogen-bond acceptors (Lipinski definition) is 4. The average Bonchev–Trinajstić information content (AvgIpc) is 3.12. The molecule has 0 saturated heterocycles. The van der Waals surface area contributed by atoms with Gasteiger partial charge in [0.2, 0.25) is 0 Å². The Hall–Kier alpha value is -1.71. The van der Waals surface area contributed by atoms with Crippen molar-refractivity contribution in [1.29, 1.82) is 0 Å². The molecule has 2 rings (SSSR count). The Morgan fingerprint density at radius 3 is 2.14 bits per heavy atom. The highest BCUT2D eigenvalue weighted by molar-refractivity contribution is 5.87. The van der Waals surface area contributed by atoms with E-state index in [0.717, 1.165) is 50.0 Å². The van der Waals surface area contributed by atoms with Crippen molar-refractivity contribution in [2.45, 2.75) is 64.6 Å². The van der Waals surface area contributed by atoms with Crippen LogP contribution in [0.1, 0.15) is 58.8 Å². The van der Waals surface area contributed by atoms with Gasteiger partial charge in [0.15, 0.2) is 0 Å². The zero-order valence-corrected chi connectivity index (χ0v) is 13.7. The molecule has 0 amide bonds. The Labute approximate surface area is 132 Å². The highest BCUT2D eigenvalue weighted by Crippen LogP contribution is 2.34. The molecule has 0 saturated carbocycles. The van der Waals surface area contributed by atoms with Crippen molar-refractivity contribution < 1.29 is 19.0 Å². The first-order valence-electron chi connectivity index (χ1n) is 8.13. The fraction of sp³-hybridized carbons (Fsp3) is 0.611. The van der Waals surface area contributed by atoms with Gasteiger partial charge in [-0.3, -0.25) is 0 Å². The monoisotopic (exact) mass is 306 g/mol. The summed E-state index contributed by atoms with van der Waals surface area (Å²) in [6, 6.07) is 0. The summed E-state index contributed by atoms with van der Waals surface area (Å²) in [5.74, 6) is 0.591. The summed E-state index contributed by atoms with van der Waals surface area (Å²) < 4.78 is 17.2. The standard InChI is InChI=1S/C18H26O4/c1-4-20-17(19)14(2)13-18(3,21-15-9-5-6-10-15)22-16-11-7-8-12-16/h9,11H,2,4-8,10,12-13H2,1,3H3. The molecule has 0 aromatic rings. The fourth-order valence-corrected chi connectivity index (χ4v) is 2.81. The maximum absolute atomic E-state index is 11.8. The Morgan fingerprint density at radius 1 is 1.18 bits per heavy atom. The third-order valence-corrected chi connectivity index (χ3v) is 3.79. The second-order valence-corrected chi connectivity index (χ2v) is 5.96. The van der Waals surface area contributed by atoms with Crippen LogP contribution in [0.4, 0.5) is 0 Å². The summed E-state index contributed by atoms with van der Waals surface area (Å²) in [5.41, 5.74) is 0.376. The van der Waals surface area contributed by atoms with Crippen molar-refractivity contribution in [3.63, 3.8) is 0 Å². The van der Waals surface area contributed by atoms with Gasteiger partial charge in [0.1, 0.15) is 0 Å². The van der Waals surface area contributed by atoms with Crippen molar-refractivity contribution in [3.05, 3.63) is 35.8 Å². The topological polar surface area (TPSA) is 44.8 Å². The van der Waals surface area contributed by atoms with Gasteiger partial charge < -0.3 is 14.2 Å². The maximum atomic E-state index is 11.8. The minimum absolute atomic E-state index is 0.292. The summed E-state index contributed by atoms with van der Waals surface area (Å²) in [6.07, 6.45) is 10.6. The van der Waals surface area contributed by atoms with Gasteiger partial charge in [-0.1, -0.05) is 6.58 Å². The van der Waals surface area contributed by atoms with Crippen LogP contribution in [0.2, 0.25) is 0 Å². The Balaban J connectivity index is 2.05. The number of allylic oxidation sites excluding steroid dienone is 4. The minimum Gasteiger partial charge on any atom is -0.463 e. The molecule has 4 heteroatoms. The summed E-state index contributed by atoms with van der Waals surface area (Å²) >= 11 is 0. The Bertz CT molecular complexity index is 461. The summed E-state index contributed by atoms with van der Waals surface area (Å²) in [6.45, 7) is 7.83. The van der Waals surface area contributed by atoms with E-state index in [1.165, 1.54) is 0 Å². The number of rotatable bonds is 8. The molecule has 0 spiro atoms. The molecule has 22 heavy (non-hydrogen) atoms. The Kier molecular flexibility index (Phi) is 5.69. The van der Waals surface area contributed by atoms with E-state index in [0.29, 0.717) is 18.6 Å². The van der Waals surface area contributed by atoms with Crippen LogP contribution in [-0.4, -0.2) is 18.4 Å². The smallest absolute Gasteiger partial charge is 0.333 e. The summed E-state index contributed by atoms with van der Waals surface area (Å²) in [5, 5.41) is 0. The van der Waals surface area contributed by atoms with E-state index in [-0.39, 0.29) is 5.97 Å². The molecule has 2 aliphatic rings. The molecule has 0 aromatic heterocycles. The number of carbonyl (C=O) groups excluding carboxylic acids is 1. The zero-order chi connectivity index (χ0) is 16.0. The van der Waals surface area contributed by atoms with E-state index in [1.807, 2.05) is 6.92 Å². The molecule has 0 N–H and O–H groups in total. The second-order valence-electron chi connectivity index (χ2n) is 5.96. The Morgan fingerprint density at radius 2 is 1.73 bits per heavy atom. The van der Waals surface area contributed by atoms with Gasteiger partial charge in [-0.2, -0.15) is 0 Å². The molecule has 0 fully saturated rings. The van der Waals surface area contributed by atoms with E-state index >= 15 is 0 Å². The molecule has 0 bridgehead atoms. The van der Waals surface area contributed by atoms with Gasteiger partial charge >= 0.3 is 5.97 Å². The van der Waals surface area contributed by atoms with Crippen LogP contribution >= 0.6 is 0 Å². The van der Waals surface area contributed by atoms with Crippen LogP contribution in [0.15, 0.2) is 35.8 Å². The lowest BCUT2D eigenvalue weighted by Crippen LogP contribution is -2.33. The van der Waals surface area contributed by atoms with Gasteiger partial charge in [0.25, 0.3) is 5.79 Å².